The Morgan fingerprint density at radius 2 is 1.56 bits per heavy atom. The van der Waals surface area contributed by atoms with Crippen molar-refractivity contribution in [2.45, 2.75) is 29.3 Å². The molecule has 36 heavy (non-hydrogen) atoms. The lowest BCUT2D eigenvalue weighted by molar-refractivity contribution is 0.683. The summed E-state index contributed by atoms with van der Waals surface area (Å²) in [5.74, 6) is 0.352. The van der Waals surface area contributed by atoms with Gasteiger partial charge in [0.1, 0.15) is 22.5 Å². The second kappa shape index (κ2) is 9.55. The number of fused-ring (bicyclic) bond motifs is 1. The van der Waals surface area contributed by atoms with Crippen molar-refractivity contribution in [1.82, 2.24) is 4.98 Å². The normalized spacial score (nSPS) is 16.5. The molecule has 1 aliphatic heterocycles. The first kappa shape index (κ1) is 24.3. The van der Waals surface area contributed by atoms with Gasteiger partial charge in [0, 0.05) is 20.5 Å². The number of anilines is 2. The van der Waals surface area contributed by atoms with E-state index in [0.29, 0.717) is 37.7 Å². The molecule has 0 spiro atoms. The van der Waals surface area contributed by atoms with Crippen LogP contribution in [0.2, 0.25) is 10.0 Å². The van der Waals surface area contributed by atoms with Crippen LogP contribution in [0, 0.1) is 18.3 Å². The Hall–Kier alpha value is -3.43. The first-order valence-corrected chi connectivity index (χ1v) is 12.9. The summed E-state index contributed by atoms with van der Waals surface area (Å²) < 4.78 is 0. The lowest BCUT2D eigenvalue weighted by atomic mass is 9.81. The highest BCUT2D eigenvalue weighted by Crippen LogP contribution is 2.47. The number of nitrogens with zero attached hydrogens (tertiary/aromatic N) is 2. The number of aromatic nitrogens is 1. The van der Waals surface area contributed by atoms with E-state index in [1.807, 2.05) is 79.7 Å². The molecule has 2 heterocycles. The summed E-state index contributed by atoms with van der Waals surface area (Å²) in [4.78, 5) is 5.67. The van der Waals surface area contributed by atoms with E-state index in [-0.39, 0.29) is 0 Å². The second-order valence-corrected chi connectivity index (χ2v) is 10.8. The number of pyridine rings is 1. The number of halogens is 2. The van der Waals surface area contributed by atoms with Crippen LogP contribution in [0.15, 0.2) is 88.8 Å². The van der Waals surface area contributed by atoms with E-state index in [4.69, 9.17) is 33.9 Å². The summed E-state index contributed by atoms with van der Waals surface area (Å²) in [6.45, 7) is 4.11. The Labute approximate surface area is 224 Å². The van der Waals surface area contributed by atoms with Crippen molar-refractivity contribution in [3.05, 3.63) is 117 Å². The van der Waals surface area contributed by atoms with Gasteiger partial charge in [0.15, 0.2) is 0 Å². The maximum Gasteiger partial charge on any atom is 0.134 e. The van der Waals surface area contributed by atoms with Gasteiger partial charge < -0.3 is 11.1 Å². The largest absolute Gasteiger partial charge is 0.383 e. The fourth-order valence-electron chi connectivity index (χ4n) is 4.34. The number of hydrogen-bond donors (Lipinski definition) is 2. The minimum atomic E-state index is -0.641. The fourth-order valence-corrected chi connectivity index (χ4v) is 5.48. The van der Waals surface area contributed by atoms with E-state index in [1.165, 1.54) is 11.8 Å². The third-order valence-corrected chi connectivity index (χ3v) is 7.73. The molecule has 0 saturated heterocycles. The van der Waals surface area contributed by atoms with Gasteiger partial charge in [0.05, 0.1) is 11.2 Å². The van der Waals surface area contributed by atoms with Gasteiger partial charge in [-0.1, -0.05) is 76.9 Å². The van der Waals surface area contributed by atoms with Crippen LogP contribution in [0.1, 0.15) is 34.7 Å². The standard InChI is InChI=1S/C29H22Cl2N4S/c1-17-3-13-22(14-4-17)36-28-24(16-32)26-25(27(33)34-28)23(18-5-9-20(30)10-6-18)15-29(2,35-26)19-7-11-21(31)12-8-19/h3-15,35H,1-2H3,(H2,33,34). The molecule has 1 atom stereocenters. The van der Waals surface area contributed by atoms with E-state index < -0.39 is 5.54 Å². The third kappa shape index (κ3) is 4.56. The van der Waals surface area contributed by atoms with Crippen molar-refractivity contribution < 1.29 is 0 Å². The highest BCUT2D eigenvalue weighted by molar-refractivity contribution is 7.99. The Bertz CT molecular complexity index is 1520. The van der Waals surface area contributed by atoms with E-state index in [2.05, 4.69) is 24.4 Å². The summed E-state index contributed by atoms with van der Waals surface area (Å²) in [5, 5.41) is 15.8. The molecule has 178 valence electrons. The number of benzene rings is 3. The quantitative estimate of drug-likeness (QED) is 0.280. The smallest absolute Gasteiger partial charge is 0.134 e. The molecule has 7 heteroatoms. The van der Waals surface area contributed by atoms with E-state index in [9.17, 15) is 5.26 Å². The van der Waals surface area contributed by atoms with Crippen LogP contribution in [-0.4, -0.2) is 4.98 Å². The van der Waals surface area contributed by atoms with Crippen molar-refractivity contribution in [3.63, 3.8) is 0 Å². The molecule has 0 fully saturated rings. The molecular weight excluding hydrogens is 507 g/mol. The molecule has 3 N–H and O–H groups in total. The molecule has 0 radical (unpaired) electrons. The molecule has 5 rings (SSSR count). The zero-order valence-electron chi connectivity index (χ0n) is 19.6. The molecule has 1 aliphatic rings. The number of nitrogen functional groups attached to an aromatic ring is 1. The van der Waals surface area contributed by atoms with Gasteiger partial charge in [-0.3, -0.25) is 0 Å². The molecule has 3 aromatic carbocycles. The zero-order valence-corrected chi connectivity index (χ0v) is 22.0. The van der Waals surface area contributed by atoms with Crippen LogP contribution in [-0.2, 0) is 5.54 Å². The molecule has 4 aromatic rings. The van der Waals surface area contributed by atoms with Gasteiger partial charge in [0.2, 0.25) is 0 Å². The molecule has 4 nitrogen and oxygen atoms in total. The third-order valence-electron chi connectivity index (χ3n) is 6.23. The summed E-state index contributed by atoms with van der Waals surface area (Å²) in [7, 11) is 0. The van der Waals surface area contributed by atoms with Crippen LogP contribution in [0.3, 0.4) is 0 Å². The number of rotatable bonds is 4. The molecule has 0 aliphatic carbocycles. The van der Waals surface area contributed by atoms with Crippen molar-refractivity contribution in [2.75, 3.05) is 11.1 Å². The Morgan fingerprint density at radius 1 is 0.944 bits per heavy atom. The molecule has 0 bridgehead atoms. The molecule has 1 unspecified atom stereocenters. The van der Waals surface area contributed by atoms with Gasteiger partial charge in [-0.2, -0.15) is 5.26 Å². The fraction of sp³-hybridized carbons (Fsp3) is 0.103. The summed E-state index contributed by atoms with van der Waals surface area (Å²) >= 11 is 13.8. The summed E-state index contributed by atoms with van der Waals surface area (Å²) in [6.07, 6.45) is 2.12. The lowest BCUT2D eigenvalue weighted by Gasteiger charge is -2.37. The van der Waals surface area contributed by atoms with Crippen LogP contribution in [0.4, 0.5) is 11.5 Å². The van der Waals surface area contributed by atoms with Gasteiger partial charge in [-0.05, 0) is 73.0 Å². The van der Waals surface area contributed by atoms with Gasteiger partial charge in [-0.25, -0.2) is 4.98 Å². The van der Waals surface area contributed by atoms with Crippen LogP contribution in [0.5, 0.6) is 0 Å². The van der Waals surface area contributed by atoms with Gasteiger partial charge >= 0.3 is 0 Å². The Kier molecular flexibility index (Phi) is 6.44. The monoisotopic (exact) mass is 528 g/mol. The maximum atomic E-state index is 10.3. The van der Waals surface area contributed by atoms with Crippen LogP contribution in [0.25, 0.3) is 5.57 Å². The van der Waals surface area contributed by atoms with Crippen molar-refractivity contribution in [3.8, 4) is 6.07 Å². The SMILES string of the molecule is Cc1ccc(Sc2nc(N)c3c(c2C#N)NC(C)(c2ccc(Cl)cc2)C=C3c2ccc(Cl)cc2)cc1. The first-order valence-electron chi connectivity index (χ1n) is 11.3. The second-order valence-electron chi connectivity index (χ2n) is 8.85. The number of hydrogen-bond acceptors (Lipinski definition) is 5. The van der Waals surface area contributed by atoms with Crippen molar-refractivity contribution >= 4 is 52.0 Å². The average molecular weight is 529 g/mol. The number of aryl methyl sites for hydroxylation is 1. The van der Waals surface area contributed by atoms with E-state index >= 15 is 0 Å². The highest BCUT2D eigenvalue weighted by atomic mass is 35.5. The minimum absolute atomic E-state index is 0.352. The van der Waals surface area contributed by atoms with Crippen molar-refractivity contribution in [2.24, 2.45) is 0 Å². The summed E-state index contributed by atoms with van der Waals surface area (Å²) in [6, 6.07) is 25.8. The predicted molar refractivity (Wildman–Crippen MR) is 150 cm³/mol. The van der Waals surface area contributed by atoms with Gasteiger partial charge in [0.25, 0.3) is 0 Å². The number of nitriles is 1. The van der Waals surface area contributed by atoms with E-state index in [0.717, 1.165) is 27.2 Å². The topological polar surface area (TPSA) is 74.7 Å². The molecule has 0 saturated carbocycles. The van der Waals surface area contributed by atoms with Gasteiger partial charge in [-0.15, -0.1) is 0 Å². The molecule has 1 aromatic heterocycles. The molecule has 0 amide bonds. The number of nitrogens with two attached hydrogens (primary N) is 1. The van der Waals surface area contributed by atoms with E-state index in [1.54, 1.807) is 0 Å². The minimum Gasteiger partial charge on any atom is -0.383 e. The number of nitrogens with one attached hydrogen (secondary N) is 1. The Morgan fingerprint density at radius 3 is 2.17 bits per heavy atom. The molecular formula is C29H22Cl2N4S. The maximum absolute atomic E-state index is 10.3. The Balaban J connectivity index is 1.73. The lowest BCUT2D eigenvalue weighted by Crippen LogP contribution is -2.34. The van der Waals surface area contributed by atoms with Crippen molar-refractivity contribution in [1.29, 1.82) is 5.26 Å². The average Bonchev–Trinajstić information content (AvgIpc) is 2.86. The summed E-state index contributed by atoms with van der Waals surface area (Å²) in [5.41, 5.74) is 11.7. The first-order chi connectivity index (χ1) is 17.3. The zero-order chi connectivity index (χ0) is 25.4. The predicted octanol–water partition coefficient (Wildman–Crippen LogP) is 8.07. The van der Waals surface area contributed by atoms with Crippen LogP contribution >= 0.6 is 35.0 Å². The van der Waals surface area contributed by atoms with Crippen LogP contribution < -0.4 is 11.1 Å². The highest BCUT2D eigenvalue weighted by Gasteiger charge is 2.35.